The molecule has 4 rings (SSSR count). The summed E-state index contributed by atoms with van der Waals surface area (Å²) in [7, 11) is 3.69. The summed E-state index contributed by atoms with van der Waals surface area (Å²) in [5.41, 5.74) is -0.443. The van der Waals surface area contributed by atoms with Crippen molar-refractivity contribution in [2.45, 2.75) is 31.9 Å². The first kappa shape index (κ1) is 26.6. The second-order valence-electron chi connectivity index (χ2n) is 9.45. The first-order valence-corrected chi connectivity index (χ1v) is 11.7. The monoisotopic (exact) mass is 499 g/mol. The number of carboxylic acid groups (broad SMARTS) is 1. The van der Waals surface area contributed by atoms with Gasteiger partial charge in [0, 0.05) is 65.5 Å². The number of aromatic nitrogens is 1. The van der Waals surface area contributed by atoms with Crippen LogP contribution < -0.4 is 4.90 Å². The van der Waals surface area contributed by atoms with E-state index in [-0.39, 0.29) is 17.9 Å². The third kappa shape index (κ3) is 5.96. The van der Waals surface area contributed by atoms with Gasteiger partial charge in [-0.3, -0.25) is 4.79 Å². The first-order chi connectivity index (χ1) is 16.5. The van der Waals surface area contributed by atoms with Crippen LogP contribution >= 0.6 is 0 Å². The van der Waals surface area contributed by atoms with E-state index in [9.17, 15) is 22.8 Å². The lowest BCUT2D eigenvalue weighted by Gasteiger charge is -2.35. The van der Waals surface area contributed by atoms with Crippen molar-refractivity contribution in [1.82, 2.24) is 19.7 Å². The van der Waals surface area contributed by atoms with Crippen molar-refractivity contribution >= 4 is 23.7 Å². The van der Waals surface area contributed by atoms with Crippen molar-refractivity contribution in [1.29, 1.82) is 0 Å². The summed E-state index contributed by atoms with van der Waals surface area (Å²) in [5, 5.41) is 7.12. The Morgan fingerprint density at radius 1 is 1.06 bits per heavy atom. The molecule has 9 nitrogen and oxygen atoms in total. The number of alkyl halides is 3. The molecule has 194 valence electrons. The molecule has 2 atom stereocenters. The summed E-state index contributed by atoms with van der Waals surface area (Å²) in [4.78, 5) is 47.7. The lowest BCUT2D eigenvalue weighted by atomic mass is 9.74. The van der Waals surface area contributed by atoms with E-state index in [2.05, 4.69) is 9.88 Å². The molecule has 3 amide bonds. The predicted octanol–water partition coefficient (Wildman–Crippen LogP) is 2.54. The maximum Gasteiger partial charge on any atom is 0.490 e. The number of aliphatic carboxylic acids is 1. The third-order valence-corrected chi connectivity index (χ3v) is 6.88. The second-order valence-corrected chi connectivity index (χ2v) is 9.45. The van der Waals surface area contributed by atoms with Crippen molar-refractivity contribution in [3.05, 3.63) is 24.4 Å². The average molecular weight is 500 g/mol. The second kappa shape index (κ2) is 10.7. The molecule has 1 aromatic heterocycles. The number of fused-ring (bicyclic) bond motifs is 1. The van der Waals surface area contributed by atoms with Gasteiger partial charge in [-0.05, 0) is 37.8 Å². The number of anilines is 1. The number of carbonyl (C=O) groups is 3. The number of hydrogen-bond acceptors (Lipinski definition) is 5. The number of pyridine rings is 1. The van der Waals surface area contributed by atoms with E-state index in [0.29, 0.717) is 13.1 Å². The normalized spacial score (nSPS) is 24.3. The number of rotatable bonds is 2. The number of urea groups is 1. The zero-order chi connectivity index (χ0) is 25.8. The van der Waals surface area contributed by atoms with Crippen LogP contribution in [0.4, 0.5) is 23.8 Å². The van der Waals surface area contributed by atoms with Crippen molar-refractivity contribution in [3.63, 3.8) is 0 Å². The van der Waals surface area contributed by atoms with Gasteiger partial charge in [0.15, 0.2) is 0 Å². The van der Waals surface area contributed by atoms with E-state index in [1.165, 1.54) is 0 Å². The van der Waals surface area contributed by atoms with Crippen molar-refractivity contribution < 1.29 is 32.7 Å². The summed E-state index contributed by atoms with van der Waals surface area (Å²) in [6, 6.07) is 6.06. The van der Waals surface area contributed by atoms with Crippen LogP contribution in [-0.2, 0) is 9.59 Å². The molecule has 35 heavy (non-hydrogen) atoms. The van der Waals surface area contributed by atoms with E-state index >= 15 is 0 Å². The van der Waals surface area contributed by atoms with Crippen LogP contribution in [0.25, 0.3) is 0 Å². The van der Waals surface area contributed by atoms with Crippen LogP contribution in [0.3, 0.4) is 0 Å². The van der Waals surface area contributed by atoms with Gasteiger partial charge in [0.2, 0.25) is 5.91 Å². The van der Waals surface area contributed by atoms with Crippen LogP contribution in [0.2, 0.25) is 0 Å². The molecule has 0 radical (unpaired) electrons. The average Bonchev–Trinajstić information content (AvgIpc) is 3.44. The Morgan fingerprint density at radius 2 is 1.69 bits per heavy atom. The van der Waals surface area contributed by atoms with Crippen molar-refractivity contribution in [2.75, 3.05) is 58.3 Å². The van der Waals surface area contributed by atoms with E-state index in [4.69, 9.17) is 9.90 Å². The molecular weight excluding hydrogens is 467 g/mol. The van der Waals surface area contributed by atoms with Gasteiger partial charge in [0.1, 0.15) is 5.82 Å². The fourth-order valence-corrected chi connectivity index (χ4v) is 5.23. The van der Waals surface area contributed by atoms with Gasteiger partial charge in [-0.15, -0.1) is 0 Å². The van der Waals surface area contributed by atoms with E-state index in [0.717, 1.165) is 57.7 Å². The number of nitrogens with zero attached hydrogens (tertiary/aromatic N) is 5. The van der Waals surface area contributed by atoms with Gasteiger partial charge in [0.05, 0.1) is 5.41 Å². The largest absolute Gasteiger partial charge is 0.490 e. The topological polar surface area (TPSA) is 97.3 Å². The van der Waals surface area contributed by atoms with Crippen LogP contribution in [0.5, 0.6) is 0 Å². The number of halogens is 3. The number of likely N-dealkylation sites (tertiary alicyclic amines) is 2. The third-order valence-electron chi connectivity index (χ3n) is 6.88. The Kier molecular flexibility index (Phi) is 8.11. The molecule has 12 heteroatoms. The smallest absolute Gasteiger partial charge is 0.475 e. The molecule has 0 saturated carbocycles. The Morgan fingerprint density at radius 3 is 2.23 bits per heavy atom. The number of amides is 3. The standard InChI is InChI=1S/C21H31N5O2.C2HF3O2/c1-23(2)19(27)21-9-7-13-25(20(28)24-11-5-6-12-24)14-17(21)15-26(16-21)18-8-3-4-10-22-18;3-2(4,5)1(6)7/h3-4,8,10,17H,5-7,9,11-16H2,1-2H3;(H,6,7)/t17-,21-;/m0./s1. The minimum absolute atomic E-state index is 0.124. The van der Waals surface area contributed by atoms with Crippen LogP contribution in [0.1, 0.15) is 25.7 Å². The summed E-state index contributed by atoms with van der Waals surface area (Å²) in [6.45, 7) is 4.57. The van der Waals surface area contributed by atoms with Gasteiger partial charge in [-0.1, -0.05) is 6.07 Å². The van der Waals surface area contributed by atoms with Crippen molar-refractivity contribution in [2.24, 2.45) is 11.3 Å². The van der Waals surface area contributed by atoms with Crippen LogP contribution in [0, 0.1) is 11.3 Å². The maximum absolute atomic E-state index is 13.3. The molecule has 4 heterocycles. The lowest BCUT2D eigenvalue weighted by molar-refractivity contribution is -0.192. The van der Waals surface area contributed by atoms with Gasteiger partial charge in [0.25, 0.3) is 0 Å². The Labute approximate surface area is 202 Å². The van der Waals surface area contributed by atoms with Gasteiger partial charge < -0.3 is 24.7 Å². The maximum atomic E-state index is 13.3. The lowest BCUT2D eigenvalue weighted by Crippen LogP contribution is -2.49. The number of carboxylic acids is 1. The molecule has 0 spiro atoms. The highest BCUT2D eigenvalue weighted by molar-refractivity contribution is 5.85. The van der Waals surface area contributed by atoms with Gasteiger partial charge in [-0.2, -0.15) is 13.2 Å². The predicted molar refractivity (Wildman–Crippen MR) is 122 cm³/mol. The molecule has 1 aromatic rings. The Balaban J connectivity index is 0.000000429. The minimum atomic E-state index is -5.08. The molecule has 0 aliphatic carbocycles. The molecule has 3 fully saturated rings. The molecule has 3 aliphatic heterocycles. The van der Waals surface area contributed by atoms with E-state index in [1.807, 2.05) is 42.1 Å². The highest BCUT2D eigenvalue weighted by Gasteiger charge is 2.54. The fourth-order valence-electron chi connectivity index (χ4n) is 5.23. The van der Waals surface area contributed by atoms with Crippen LogP contribution in [0.15, 0.2) is 24.4 Å². The molecule has 3 saturated heterocycles. The van der Waals surface area contributed by atoms with Gasteiger partial charge >= 0.3 is 18.2 Å². The highest BCUT2D eigenvalue weighted by Crippen LogP contribution is 2.45. The van der Waals surface area contributed by atoms with Crippen LogP contribution in [-0.4, -0.2) is 102 Å². The van der Waals surface area contributed by atoms with E-state index < -0.39 is 17.6 Å². The summed E-state index contributed by atoms with van der Waals surface area (Å²) < 4.78 is 31.7. The first-order valence-electron chi connectivity index (χ1n) is 11.7. The highest BCUT2D eigenvalue weighted by atomic mass is 19.4. The summed E-state index contributed by atoms with van der Waals surface area (Å²) in [5.74, 6) is -1.53. The zero-order valence-electron chi connectivity index (χ0n) is 20.0. The molecule has 0 aromatic carbocycles. The summed E-state index contributed by atoms with van der Waals surface area (Å²) >= 11 is 0. The Bertz CT molecular complexity index is 908. The number of hydrogen-bond donors (Lipinski definition) is 1. The SMILES string of the molecule is CN(C)C(=O)[C@]12CCCN(C(=O)N3CCCC3)C[C@H]1CN(c1ccccn1)C2.O=C(O)C(F)(F)F. The van der Waals surface area contributed by atoms with Gasteiger partial charge in [-0.25, -0.2) is 14.6 Å². The van der Waals surface area contributed by atoms with E-state index in [1.54, 1.807) is 11.1 Å². The quantitative estimate of drug-likeness (QED) is 0.672. The summed E-state index contributed by atoms with van der Waals surface area (Å²) in [6.07, 6.45) is 0.597. The number of carbonyl (C=O) groups excluding carboxylic acids is 2. The minimum Gasteiger partial charge on any atom is -0.475 e. The molecular formula is C23H32F3N5O4. The fraction of sp³-hybridized carbons (Fsp3) is 0.652. The zero-order valence-corrected chi connectivity index (χ0v) is 20.0. The van der Waals surface area contributed by atoms with Crippen molar-refractivity contribution in [3.8, 4) is 0 Å². The molecule has 0 unspecified atom stereocenters. The molecule has 3 aliphatic rings. The molecule has 1 N–H and O–H groups in total. The Hall–Kier alpha value is -3.05. The molecule has 0 bridgehead atoms.